The van der Waals surface area contributed by atoms with Crippen molar-refractivity contribution in [1.82, 2.24) is 0 Å². The molecular weight excluding hydrogens is 154 g/mol. The first kappa shape index (κ1) is 11.4. The molecule has 0 radical (unpaired) electrons. The monoisotopic (exact) mass is 173 g/mol. The fourth-order valence-corrected chi connectivity index (χ4v) is 0.632. The van der Waals surface area contributed by atoms with Crippen molar-refractivity contribution >= 4 is 5.97 Å². The maximum atomic E-state index is 11.2. The first-order valence-corrected chi connectivity index (χ1v) is 4.45. The van der Waals surface area contributed by atoms with Crippen LogP contribution in [0.5, 0.6) is 0 Å². The molecule has 2 unspecified atom stereocenters. The fourth-order valence-electron chi connectivity index (χ4n) is 0.632. The third-order valence-electron chi connectivity index (χ3n) is 1.88. The quantitative estimate of drug-likeness (QED) is 0.652. The molecule has 0 saturated carbocycles. The molecule has 0 bridgehead atoms. The van der Waals surface area contributed by atoms with Gasteiger partial charge >= 0.3 is 5.97 Å². The summed E-state index contributed by atoms with van der Waals surface area (Å²) >= 11 is 0. The highest BCUT2D eigenvalue weighted by Crippen LogP contribution is 2.04. The zero-order valence-electron chi connectivity index (χ0n) is 8.33. The molecule has 72 valence electrons. The van der Waals surface area contributed by atoms with Crippen LogP contribution in [0.1, 0.15) is 34.1 Å². The van der Waals surface area contributed by atoms with E-state index in [4.69, 9.17) is 10.5 Å². The standard InChI is InChI=1S/C9H19NO2/c1-5-7(4)12-9(11)8(10)6(2)3/h6-8H,5,10H2,1-4H3. The van der Waals surface area contributed by atoms with Gasteiger partial charge in [0.2, 0.25) is 0 Å². The second-order valence-electron chi connectivity index (χ2n) is 3.43. The summed E-state index contributed by atoms with van der Waals surface area (Å²) in [6, 6.07) is -0.487. The summed E-state index contributed by atoms with van der Waals surface area (Å²) in [5.74, 6) is -0.152. The van der Waals surface area contributed by atoms with Gasteiger partial charge in [-0.05, 0) is 19.3 Å². The highest BCUT2D eigenvalue weighted by molar-refractivity contribution is 5.75. The second-order valence-corrected chi connectivity index (χ2v) is 3.43. The Hall–Kier alpha value is -0.570. The normalized spacial score (nSPS) is 15.8. The molecular formula is C9H19NO2. The van der Waals surface area contributed by atoms with Crippen LogP contribution in [-0.2, 0) is 9.53 Å². The summed E-state index contributed by atoms with van der Waals surface area (Å²) in [4.78, 5) is 11.2. The molecule has 2 N–H and O–H groups in total. The van der Waals surface area contributed by atoms with E-state index < -0.39 is 6.04 Å². The van der Waals surface area contributed by atoms with Crippen LogP contribution < -0.4 is 5.73 Å². The van der Waals surface area contributed by atoms with E-state index in [1.54, 1.807) is 0 Å². The third-order valence-corrected chi connectivity index (χ3v) is 1.88. The average molecular weight is 173 g/mol. The zero-order valence-corrected chi connectivity index (χ0v) is 8.33. The molecule has 0 aromatic rings. The third kappa shape index (κ3) is 3.72. The topological polar surface area (TPSA) is 52.3 Å². The molecule has 0 heterocycles. The van der Waals surface area contributed by atoms with E-state index in [1.165, 1.54) is 0 Å². The molecule has 0 rings (SSSR count). The lowest BCUT2D eigenvalue weighted by Gasteiger charge is -2.17. The van der Waals surface area contributed by atoms with Gasteiger partial charge in [-0.15, -0.1) is 0 Å². The van der Waals surface area contributed by atoms with Crippen LogP contribution >= 0.6 is 0 Å². The van der Waals surface area contributed by atoms with Gasteiger partial charge in [0.15, 0.2) is 0 Å². The van der Waals surface area contributed by atoms with Crippen LogP contribution in [0.25, 0.3) is 0 Å². The number of ether oxygens (including phenoxy) is 1. The van der Waals surface area contributed by atoms with Crippen molar-refractivity contribution in [3.05, 3.63) is 0 Å². The van der Waals surface area contributed by atoms with Crippen molar-refractivity contribution in [2.24, 2.45) is 11.7 Å². The van der Waals surface area contributed by atoms with Crippen LogP contribution in [0, 0.1) is 5.92 Å². The first-order valence-electron chi connectivity index (χ1n) is 4.45. The molecule has 0 spiro atoms. The van der Waals surface area contributed by atoms with E-state index >= 15 is 0 Å². The number of rotatable bonds is 4. The minimum atomic E-state index is -0.487. The molecule has 0 aliphatic carbocycles. The van der Waals surface area contributed by atoms with Gasteiger partial charge in [-0.2, -0.15) is 0 Å². The lowest BCUT2D eigenvalue weighted by atomic mass is 10.1. The van der Waals surface area contributed by atoms with Gasteiger partial charge in [0.1, 0.15) is 6.04 Å². The summed E-state index contributed by atoms with van der Waals surface area (Å²) in [5.41, 5.74) is 5.59. The summed E-state index contributed by atoms with van der Waals surface area (Å²) in [6.45, 7) is 7.65. The Morgan fingerprint density at radius 1 is 1.42 bits per heavy atom. The fraction of sp³-hybridized carbons (Fsp3) is 0.889. The Labute approximate surface area is 74.3 Å². The predicted molar refractivity (Wildman–Crippen MR) is 48.7 cm³/mol. The molecule has 0 aromatic heterocycles. The smallest absolute Gasteiger partial charge is 0.323 e. The molecule has 2 atom stereocenters. The minimum absolute atomic E-state index is 0.0256. The van der Waals surface area contributed by atoms with Crippen molar-refractivity contribution in [3.8, 4) is 0 Å². The molecule has 3 heteroatoms. The molecule has 0 aliphatic heterocycles. The molecule has 12 heavy (non-hydrogen) atoms. The number of nitrogens with two attached hydrogens (primary N) is 1. The highest BCUT2D eigenvalue weighted by atomic mass is 16.5. The predicted octanol–water partition coefficient (Wildman–Crippen LogP) is 1.31. The lowest BCUT2D eigenvalue weighted by molar-refractivity contribution is -0.151. The van der Waals surface area contributed by atoms with Gasteiger partial charge in [0.25, 0.3) is 0 Å². The van der Waals surface area contributed by atoms with E-state index in [0.29, 0.717) is 0 Å². The average Bonchev–Trinajstić information content (AvgIpc) is 2.02. The first-order chi connectivity index (χ1) is 5.49. The second kappa shape index (κ2) is 5.14. The molecule has 0 aromatic carbocycles. The summed E-state index contributed by atoms with van der Waals surface area (Å²) < 4.78 is 5.06. The van der Waals surface area contributed by atoms with Crippen molar-refractivity contribution in [2.45, 2.75) is 46.3 Å². The number of esters is 1. The molecule has 3 nitrogen and oxygen atoms in total. The highest BCUT2D eigenvalue weighted by Gasteiger charge is 2.19. The largest absolute Gasteiger partial charge is 0.462 e. The van der Waals surface area contributed by atoms with Crippen molar-refractivity contribution < 1.29 is 9.53 Å². The van der Waals surface area contributed by atoms with E-state index in [1.807, 2.05) is 27.7 Å². The number of hydrogen-bond donors (Lipinski definition) is 1. The summed E-state index contributed by atoms with van der Waals surface area (Å²) in [6.07, 6.45) is 0.804. The van der Waals surface area contributed by atoms with Gasteiger partial charge in [-0.1, -0.05) is 20.8 Å². The molecule has 0 saturated heterocycles. The molecule has 0 aliphatic rings. The van der Waals surface area contributed by atoms with Crippen LogP contribution in [0.2, 0.25) is 0 Å². The van der Waals surface area contributed by atoms with Crippen molar-refractivity contribution in [3.63, 3.8) is 0 Å². The van der Waals surface area contributed by atoms with E-state index in [2.05, 4.69) is 0 Å². The van der Waals surface area contributed by atoms with Crippen LogP contribution in [0.4, 0.5) is 0 Å². The van der Waals surface area contributed by atoms with Gasteiger partial charge in [0, 0.05) is 0 Å². The zero-order chi connectivity index (χ0) is 9.72. The number of carbonyl (C=O) groups excluding carboxylic acids is 1. The Bertz CT molecular complexity index is 145. The van der Waals surface area contributed by atoms with Gasteiger partial charge in [0.05, 0.1) is 6.10 Å². The van der Waals surface area contributed by atoms with Gasteiger partial charge < -0.3 is 10.5 Å². The van der Waals surface area contributed by atoms with E-state index in [-0.39, 0.29) is 18.0 Å². The van der Waals surface area contributed by atoms with Crippen molar-refractivity contribution in [1.29, 1.82) is 0 Å². The summed E-state index contributed by atoms with van der Waals surface area (Å²) in [7, 11) is 0. The van der Waals surface area contributed by atoms with Crippen LogP contribution in [-0.4, -0.2) is 18.1 Å². The minimum Gasteiger partial charge on any atom is -0.462 e. The Morgan fingerprint density at radius 3 is 2.25 bits per heavy atom. The number of hydrogen-bond acceptors (Lipinski definition) is 3. The van der Waals surface area contributed by atoms with Gasteiger partial charge in [-0.25, -0.2) is 0 Å². The van der Waals surface area contributed by atoms with Gasteiger partial charge in [-0.3, -0.25) is 4.79 Å². The van der Waals surface area contributed by atoms with Crippen molar-refractivity contribution in [2.75, 3.05) is 0 Å². The SMILES string of the molecule is CCC(C)OC(=O)C(N)C(C)C. The maximum absolute atomic E-state index is 11.2. The van der Waals surface area contributed by atoms with Crippen LogP contribution in [0.3, 0.4) is 0 Å². The summed E-state index contributed by atoms with van der Waals surface area (Å²) in [5, 5.41) is 0. The Kier molecular flexibility index (Phi) is 4.90. The van der Waals surface area contributed by atoms with Crippen LogP contribution in [0.15, 0.2) is 0 Å². The Morgan fingerprint density at radius 2 is 1.92 bits per heavy atom. The molecule has 0 amide bonds. The molecule has 0 fully saturated rings. The lowest BCUT2D eigenvalue weighted by Crippen LogP contribution is -2.38. The number of carbonyl (C=O) groups is 1. The van der Waals surface area contributed by atoms with E-state index in [0.717, 1.165) is 6.42 Å². The Balaban J connectivity index is 3.87. The maximum Gasteiger partial charge on any atom is 0.323 e. The van der Waals surface area contributed by atoms with E-state index in [9.17, 15) is 4.79 Å².